The maximum absolute atomic E-state index is 12.2. The highest BCUT2D eigenvalue weighted by Gasteiger charge is 2.46. The highest BCUT2D eigenvalue weighted by molar-refractivity contribution is 6.77. The van der Waals surface area contributed by atoms with Crippen LogP contribution in [0.1, 0.15) is 66.6 Å². The number of carbonyl (C=O) groups excluding carboxylic acids is 1. The first kappa shape index (κ1) is 21.5. The van der Waals surface area contributed by atoms with Crippen molar-refractivity contribution in [3.63, 3.8) is 0 Å². The van der Waals surface area contributed by atoms with E-state index in [0.717, 1.165) is 5.76 Å². The Morgan fingerprint density at radius 2 is 1.68 bits per heavy atom. The molecule has 0 fully saturated rings. The Labute approximate surface area is 154 Å². The molecule has 0 aromatic carbocycles. The minimum absolute atomic E-state index is 0.0551. The van der Waals surface area contributed by atoms with Crippen molar-refractivity contribution < 1.29 is 13.6 Å². The van der Waals surface area contributed by atoms with E-state index in [-0.39, 0.29) is 11.7 Å². The summed E-state index contributed by atoms with van der Waals surface area (Å²) in [7, 11) is -2.02. The molecule has 1 unspecified atom stereocenters. The molecule has 0 saturated carbocycles. The topological polar surface area (TPSA) is 39.4 Å². The largest absolute Gasteiger partial charge is 0.543 e. The lowest BCUT2D eigenvalue weighted by molar-refractivity contribution is -0.115. The van der Waals surface area contributed by atoms with Crippen LogP contribution in [0.2, 0.25) is 16.6 Å². The lowest BCUT2D eigenvalue weighted by atomic mass is 10.0. The summed E-state index contributed by atoms with van der Waals surface area (Å²) >= 11 is 0. The van der Waals surface area contributed by atoms with E-state index in [1.54, 1.807) is 18.4 Å². The summed E-state index contributed by atoms with van der Waals surface area (Å²) in [6.45, 7) is 19.4. The van der Waals surface area contributed by atoms with Crippen molar-refractivity contribution in [2.24, 2.45) is 0 Å². The molecule has 1 atom stereocenters. The van der Waals surface area contributed by atoms with E-state index in [0.29, 0.717) is 28.8 Å². The summed E-state index contributed by atoms with van der Waals surface area (Å²) in [4.78, 5) is 12.2. The Morgan fingerprint density at radius 1 is 1.12 bits per heavy atom. The Balaban J connectivity index is 2.73. The van der Waals surface area contributed by atoms with Gasteiger partial charge in [0.05, 0.1) is 12.0 Å². The zero-order chi connectivity index (χ0) is 19.2. The van der Waals surface area contributed by atoms with E-state index in [2.05, 4.69) is 48.1 Å². The molecule has 3 nitrogen and oxygen atoms in total. The zero-order valence-corrected chi connectivity index (χ0v) is 17.8. The number of rotatable bonds is 10. The standard InChI is InChI=1S/C21H34O3Si/c1-15(2)25(16(3)4,17(5)6)24-19(8)11-12-20(22)14-18(7)21-10-9-13-23-21/h9-13,15-18H,8,14H2,1-7H3/b12-11+. The minimum atomic E-state index is -2.02. The third kappa shape index (κ3) is 5.46. The monoisotopic (exact) mass is 362 g/mol. The summed E-state index contributed by atoms with van der Waals surface area (Å²) in [5.41, 5.74) is 1.44. The summed E-state index contributed by atoms with van der Waals surface area (Å²) in [5.74, 6) is 1.56. The summed E-state index contributed by atoms with van der Waals surface area (Å²) in [5, 5.41) is 0. The van der Waals surface area contributed by atoms with Crippen LogP contribution in [0.25, 0.3) is 0 Å². The number of hydrogen-bond donors (Lipinski definition) is 0. The normalized spacial score (nSPS) is 13.8. The van der Waals surface area contributed by atoms with Gasteiger partial charge in [-0.25, -0.2) is 0 Å². The van der Waals surface area contributed by atoms with E-state index in [4.69, 9.17) is 8.84 Å². The fourth-order valence-corrected chi connectivity index (χ4v) is 9.07. The first-order valence-electron chi connectivity index (χ1n) is 9.23. The van der Waals surface area contributed by atoms with Crippen molar-refractivity contribution in [2.45, 2.75) is 77.4 Å². The van der Waals surface area contributed by atoms with Crippen LogP contribution in [0.3, 0.4) is 0 Å². The summed E-state index contributed by atoms with van der Waals surface area (Å²) < 4.78 is 11.8. The van der Waals surface area contributed by atoms with Gasteiger partial charge in [0.1, 0.15) is 5.76 Å². The van der Waals surface area contributed by atoms with Crippen molar-refractivity contribution in [3.05, 3.63) is 48.6 Å². The lowest BCUT2D eigenvalue weighted by Gasteiger charge is -2.42. The molecule has 0 radical (unpaired) electrons. The molecule has 1 heterocycles. The first-order valence-corrected chi connectivity index (χ1v) is 11.4. The Bertz CT molecular complexity index is 561. The van der Waals surface area contributed by atoms with Gasteiger partial charge in [-0.2, -0.15) is 0 Å². The second-order valence-electron chi connectivity index (χ2n) is 7.81. The van der Waals surface area contributed by atoms with Crippen LogP contribution in [-0.2, 0) is 9.22 Å². The Kier molecular flexibility index (Phi) is 7.93. The average Bonchev–Trinajstić information content (AvgIpc) is 3.03. The zero-order valence-electron chi connectivity index (χ0n) is 16.8. The average molecular weight is 363 g/mol. The van der Waals surface area contributed by atoms with Gasteiger partial charge < -0.3 is 8.84 Å². The van der Waals surface area contributed by atoms with E-state index in [1.807, 2.05) is 19.1 Å². The number of allylic oxidation sites excluding steroid dienone is 2. The minimum Gasteiger partial charge on any atom is -0.543 e. The smallest absolute Gasteiger partial charge is 0.258 e. The second-order valence-corrected chi connectivity index (χ2v) is 13.2. The van der Waals surface area contributed by atoms with Crippen LogP contribution >= 0.6 is 0 Å². The molecule has 0 saturated heterocycles. The molecule has 1 aromatic rings. The molecule has 0 amide bonds. The van der Waals surface area contributed by atoms with Crippen molar-refractivity contribution in [3.8, 4) is 0 Å². The van der Waals surface area contributed by atoms with Crippen LogP contribution in [0.15, 0.2) is 47.3 Å². The number of carbonyl (C=O) groups is 1. The molecule has 0 N–H and O–H groups in total. The SMILES string of the molecule is C=C(/C=C/C(=O)CC(C)c1ccco1)O[Si](C(C)C)(C(C)C)C(C)C. The van der Waals surface area contributed by atoms with Crippen LogP contribution in [0.4, 0.5) is 0 Å². The van der Waals surface area contributed by atoms with Gasteiger partial charge >= 0.3 is 0 Å². The molecule has 0 aliphatic carbocycles. The fraction of sp³-hybridized carbons (Fsp3) is 0.571. The molecular weight excluding hydrogens is 328 g/mol. The van der Waals surface area contributed by atoms with Crippen molar-refractivity contribution in [2.75, 3.05) is 0 Å². The summed E-state index contributed by atoms with van der Waals surface area (Å²) in [6.07, 6.45) is 5.36. The quantitative estimate of drug-likeness (QED) is 0.204. The van der Waals surface area contributed by atoms with Gasteiger partial charge in [0, 0.05) is 12.3 Å². The molecule has 25 heavy (non-hydrogen) atoms. The third-order valence-electron chi connectivity index (χ3n) is 5.01. The van der Waals surface area contributed by atoms with Gasteiger partial charge in [0.25, 0.3) is 8.32 Å². The molecular formula is C21H34O3Si. The molecule has 0 spiro atoms. The predicted molar refractivity (Wildman–Crippen MR) is 107 cm³/mol. The number of hydrogen-bond acceptors (Lipinski definition) is 3. The van der Waals surface area contributed by atoms with E-state index in [9.17, 15) is 4.79 Å². The van der Waals surface area contributed by atoms with Gasteiger partial charge in [-0.1, -0.05) is 55.0 Å². The number of ketones is 1. The van der Waals surface area contributed by atoms with Crippen LogP contribution in [-0.4, -0.2) is 14.1 Å². The van der Waals surface area contributed by atoms with Crippen LogP contribution in [0.5, 0.6) is 0 Å². The Hall–Kier alpha value is -1.55. The molecule has 0 aliphatic rings. The summed E-state index contributed by atoms with van der Waals surface area (Å²) in [6, 6.07) is 3.74. The highest BCUT2D eigenvalue weighted by atomic mass is 28.4. The number of furan rings is 1. The maximum Gasteiger partial charge on any atom is 0.258 e. The maximum atomic E-state index is 12.2. The van der Waals surface area contributed by atoms with Gasteiger partial charge in [-0.05, 0) is 40.9 Å². The van der Waals surface area contributed by atoms with Crippen molar-refractivity contribution >= 4 is 14.1 Å². The van der Waals surface area contributed by atoms with Crippen molar-refractivity contribution in [1.29, 1.82) is 0 Å². The predicted octanol–water partition coefficient (Wildman–Crippen LogP) is 6.60. The molecule has 0 bridgehead atoms. The molecule has 1 aromatic heterocycles. The van der Waals surface area contributed by atoms with Crippen LogP contribution in [0, 0.1) is 0 Å². The van der Waals surface area contributed by atoms with Gasteiger partial charge in [0.2, 0.25) is 0 Å². The Morgan fingerprint density at radius 3 is 2.12 bits per heavy atom. The van der Waals surface area contributed by atoms with Crippen LogP contribution < -0.4 is 0 Å². The second kappa shape index (κ2) is 9.23. The third-order valence-corrected chi connectivity index (χ3v) is 11.0. The fourth-order valence-electron chi connectivity index (χ4n) is 3.84. The lowest BCUT2D eigenvalue weighted by Crippen LogP contribution is -2.47. The van der Waals surface area contributed by atoms with E-state index >= 15 is 0 Å². The molecule has 0 aliphatic heterocycles. The highest BCUT2D eigenvalue weighted by Crippen LogP contribution is 2.43. The molecule has 4 heteroatoms. The van der Waals surface area contributed by atoms with E-state index in [1.165, 1.54) is 0 Å². The van der Waals surface area contributed by atoms with Gasteiger partial charge in [-0.15, -0.1) is 0 Å². The first-order chi connectivity index (χ1) is 11.6. The van der Waals surface area contributed by atoms with Crippen molar-refractivity contribution in [1.82, 2.24) is 0 Å². The van der Waals surface area contributed by atoms with E-state index < -0.39 is 8.32 Å². The molecule has 140 valence electrons. The molecule has 1 rings (SSSR count). The van der Waals surface area contributed by atoms with Gasteiger partial charge in [0.15, 0.2) is 5.78 Å². The van der Waals surface area contributed by atoms with Gasteiger partial charge in [-0.3, -0.25) is 4.79 Å².